The molecule has 1 unspecified atom stereocenters. The van der Waals surface area contributed by atoms with Crippen LogP contribution in [0.3, 0.4) is 0 Å². The van der Waals surface area contributed by atoms with E-state index in [1.165, 1.54) is 0 Å². The minimum atomic E-state index is 0.0786. The van der Waals surface area contributed by atoms with Crippen LogP contribution in [0, 0.1) is 0 Å². The summed E-state index contributed by atoms with van der Waals surface area (Å²) in [6.07, 6.45) is 8.76. The minimum Gasteiger partial charge on any atom is -0.354 e. The number of carbonyl (C=O) groups is 1. The van der Waals surface area contributed by atoms with Gasteiger partial charge in [0.1, 0.15) is 0 Å². The Labute approximate surface area is 125 Å². The van der Waals surface area contributed by atoms with Crippen LogP contribution in [-0.2, 0) is 11.2 Å². The zero-order valence-electron chi connectivity index (χ0n) is 12.5. The zero-order valence-corrected chi connectivity index (χ0v) is 12.5. The number of piperidine rings is 1. The summed E-state index contributed by atoms with van der Waals surface area (Å²) in [6.45, 7) is 3.91. The molecular weight excluding hydrogens is 266 g/mol. The van der Waals surface area contributed by atoms with Crippen LogP contribution in [0.5, 0.6) is 0 Å². The van der Waals surface area contributed by atoms with Crippen LogP contribution in [0.4, 0.5) is 0 Å². The summed E-state index contributed by atoms with van der Waals surface area (Å²) in [5.74, 6) is 0.200. The molecule has 6 nitrogen and oxygen atoms in total. The summed E-state index contributed by atoms with van der Waals surface area (Å²) in [6, 6.07) is 0.659. The fourth-order valence-corrected chi connectivity index (χ4v) is 3.51. The maximum Gasteiger partial charge on any atom is 0.237 e. The lowest BCUT2D eigenvalue weighted by Gasteiger charge is -2.35. The number of hydrogen-bond donors (Lipinski definition) is 3. The number of aromatic nitrogens is 2. The zero-order chi connectivity index (χ0) is 14.5. The second kappa shape index (κ2) is 7.04. The molecule has 0 bridgehead atoms. The molecule has 1 amide bonds. The first kappa shape index (κ1) is 14.5. The van der Waals surface area contributed by atoms with Gasteiger partial charge in [-0.2, -0.15) is 0 Å². The van der Waals surface area contributed by atoms with Gasteiger partial charge in [0.25, 0.3) is 0 Å². The quantitative estimate of drug-likeness (QED) is 0.729. The first-order valence-corrected chi connectivity index (χ1v) is 8.06. The largest absolute Gasteiger partial charge is 0.354 e. The lowest BCUT2D eigenvalue weighted by molar-refractivity contribution is -0.126. The Bertz CT molecular complexity index is 441. The fraction of sp³-hybridized carbons (Fsp3) is 0.733. The molecule has 2 saturated heterocycles. The van der Waals surface area contributed by atoms with E-state index in [2.05, 4.69) is 25.5 Å². The van der Waals surface area contributed by atoms with E-state index >= 15 is 0 Å². The second-order valence-electron chi connectivity index (χ2n) is 5.99. The van der Waals surface area contributed by atoms with Gasteiger partial charge in [-0.05, 0) is 45.3 Å². The summed E-state index contributed by atoms with van der Waals surface area (Å²) < 4.78 is 0. The normalized spacial score (nSPS) is 24.3. The van der Waals surface area contributed by atoms with E-state index in [0.29, 0.717) is 12.6 Å². The van der Waals surface area contributed by atoms with Crippen molar-refractivity contribution in [1.29, 1.82) is 0 Å². The predicted octanol–water partition coefficient (Wildman–Crippen LogP) is 0.285. The Morgan fingerprint density at radius 3 is 3.00 bits per heavy atom. The van der Waals surface area contributed by atoms with E-state index in [0.717, 1.165) is 57.4 Å². The lowest BCUT2D eigenvalue weighted by Crippen LogP contribution is -2.50. The van der Waals surface area contributed by atoms with Crippen LogP contribution in [0.15, 0.2) is 12.5 Å². The highest BCUT2D eigenvalue weighted by molar-refractivity contribution is 5.82. The molecule has 3 N–H and O–H groups in total. The first-order chi connectivity index (χ1) is 10.3. The number of amides is 1. The Morgan fingerprint density at radius 2 is 2.24 bits per heavy atom. The van der Waals surface area contributed by atoms with Crippen molar-refractivity contribution in [2.75, 3.05) is 26.2 Å². The predicted molar refractivity (Wildman–Crippen MR) is 80.9 cm³/mol. The SMILES string of the molecule is O=C(NCCc1cnc[nH]1)C1CCCN1C1CCNCC1. The van der Waals surface area contributed by atoms with Crippen molar-refractivity contribution < 1.29 is 4.79 Å². The van der Waals surface area contributed by atoms with Gasteiger partial charge >= 0.3 is 0 Å². The molecule has 0 aromatic carbocycles. The molecule has 1 aromatic rings. The van der Waals surface area contributed by atoms with E-state index in [1.54, 1.807) is 6.33 Å². The third kappa shape index (κ3) is 3.63. The fourth-order valence-electron chi connectivity index (χ4n) is 3.51. The summed E-state index contributed by atoms with van der Waals surface area (Å²) in [5, 5.41) is 6.48. The number of imidazole rings is 1. The van der Waals surface area contributed by atoms with Crippen LogP contribution >= 0.6 is 0 Å². The average Bonchev–Trinajstić information content (AvgIpc) is 3.19. The number of aromatic amines is 1. The van der Waals surface area contributed by atoms with Gasteiger partial charge in [0, 0.05) is 30.9 Å². The molecule has 1 atom stereocenters. The van der Waals surface area contributed by atoms with E-state index < -0.39 is 0 Å². The number of H-pyrrole nitrogens is 1. The highest BCUT2D eigenvalue weighted by Gasteiger charge is 2.35. The van der Waals surface area contributed by atoms with E-state index in [4.69, 9.17) is 0 Å². The Hall–Kier alpha value is -1.40. The number of nitrogens with one attached hydrogen (secondary N) is 3. The van der Waals surface area contributed by atoms with Crippen molar-refractivity contribution in [2.45, 2.75) is 44.2 Å². The standard InChI is InChI=1S/C15H25N5O/c21-15(18-8-3-12-10-17-11-19-12)14-2-1-9-20(14)13-4-6-16-7-5-13/h10-11,13-14,16H,1-9H2,(H,17,19)(H,18,21). The molecule has 0 aliphatic carbocycles. The maximum atomic E-state index is 12.4. The lowest BCUT2D eigenvalue weighted by atomic mass is 10.0. The Balaban J connectivity index is 1.48. The van der Waals surface area contributed by atoms with Crippen molar-refractivity contribution in [3.05, 3.63) is 18.2 Å². The molecule has 0 spiro atoms. The van der Waals surface area contributed by atoms with Crippen LogP contribution < -0.4 is 10.6 Å². The molecule has 0 radical (unpaired) electrons. The number of likely N-dealkylation sites (tertiary alicyclic amines) is 1. The van der Waals surface area contributed by atoms with Gasteiger partial charge in [0.05, 0.1) is 12.4 Å². The highest BCUT2D eigenvalue weighted by atomic mass is 16.2. The topological polar surface area (TPSA) is 73.0 Å². The van der Waals surface area contributed by atoms with Crippen LogP contribution in [-0.4, -0.2) is 59.0 Å². The third-order valence-corrected chi connectivity index (χ3v) is 4.62. The number of hydrogen-bond acceptors (Lipinski definition) is 4. The summed E-state index contributed by atoms with van der Waals surface area (Å²) in [4.78, 5) is 21.9. The number of carbonyl (C=O) groups excluding carboxylic acids is 1. The average molecular weight is 291 g/mol. The van der Waals surface area contributed by atoms with Gasteiger partial charge in [-0.3, -0.25) is 9.69 Å². The molecular formula is C15H25N5O. The van der Waals surface area contributed by atoms with Gasteiger partial charge in [0.2, 0.25) is 5.91 Å². The molecule has 3 heterocycles. The van der Waals surface area contributed by atoms with Crippen LogP contribution in [0.25, 0.3) is 0 Å². The van der Waals surface area contributed by atoms with Crippen molar-refractivity contribution in [1.82, 2.24) is 25.5 Å². The summed E-state index contributed by atoms with van der Waals surface area (Å²) in [7, 11) is 0. The van der Waals surface area contributed by atoms with Crippen molar-refractivity contribution in [3.63, 3.8) is 0 Å². The maximum absolute atomic E-state index is 12.4. The van der Waals surface area contributed by atoms with Gasteiger partial charge in [-0.1, -0.05) is 0 Å². The van der Waals surface area contributed by atoms with Crippen LogP contribution in [0.1, 0.15) is 31.4 Å². The second-order valence-corrected chi connectivity index (χ2v) is 5.99. The highest BCUT2D eigenvalue weighted by Crippen LogP contribution is 2.24. The molecule has 2 aliphatic heterocycles. The molecule has 0 saturated carbocycles. The van der Waals surface area contributed by atoms with Crippen molar-refractivity contribution >= 4 is 5.91 Å². The molecule has 6 heteroatoms. The van der Waals surface area contributed by atoms with Crippen molar-refractivity contribution in [3.8, 4) is 0 Å². The molecule has 2 aliphatic rings. The first-order valence-electron chi connectivity index (χ1n) is 8.06. The van der Waals surface area contributed by atoms with E-state index in [-0.39, 0.29) is 11.9 Å². The third-order valence-electron chi connectivity index (χ3n) is 4.62. The van der Waals surface area contributed by atoms with E-state index in [9.17, 15) is 4.79 Å². The molecule has 3 rings (SSSR count). The van der Waals surface area contributed by atoms with E-state index in [1.807, 2.05) is 6.20 Å². The number of nitrogens with zero attached hydrogens (tertiary/aromatic N) is 2. The smallest absolute Gasteiger partial charge is 0.237 e. The Kier molecular flexibility index (Phi) is 4.87. The molecule has 2 fully saturated rings. The monoisotopic (exact) mass is 291 g/mol. The molecule has 1 aromatic heterocycles. The number of rotatable bonds is 5. The summed E-state index contributed by atoms with van der Waals surface area (Å²) in [5.41, 5.74) is 1.07. The van der Waals surface area contributed by atoms with Gasteiger partial charge in [-0.25, -0.2) is 4.98 Å². The van der Waals surface area contributed by atoms with Crippen LogP contribution in [0.2, 0.25) is 0 Å². The van der Waals surface area contributed by atoms with Gasteiger partial charge < -0.3 is 15.6 Å². The summed E-state index contributed by atoms with van der Waals surface area (Å²) >= 11 is 0. The molecule has 21 heavy (non-hydrogen) atoms. The molecule has 116 valence electrons. The minimum absolute atomic E-state index is 0.0786. The van der Waals surface area contributed by atoms with Crippen molar-refractivity contribution in [2.24, 2.45) is 0 Å². The van der Waals surface area contributed by atoms with Gasteiger partial charge in [-0.15, -0.1) is 0 Å². The van der Waals surface area contributed by atoms with Gasteiger partial charge in [0.15, 0.2) is 0 Å². The Morgan fingerprint density at radius 1 is 1.38 bits per heavy atom.